The smallest absolute Gasteiger partial charge is 0.239 e. The van der Waals surface area contributed by atoms with Crippen LogP contribution in [-0.2, 0) is 9.59 Å². The molecule has 0 aromatic carbocycles. The normalized spacial score (nSPS) is 18.5. The predicted molar refractivity (Wildman–Crippen MR) is 70.9 cm³/mol. The zero-order valence-electron chi connectivity index (χ0n) is 11.4. The van der Waals surface area contributed by atoms with Gasteiger partial charge in [0.05, 0.1) is 6.04 Å². The van der Waals surface area contributed by atoms with Gasteiger partial charge in [-0.2, -0.15) is 0 Å². The van der Waals surface area contributed by atoms with E-state index >= 15 is 0 Å². The summed E-state index contributed by atoms with van der Waals surface area (Å²) in [7, 11) is 0. The van der Waals surface area contributed by atoms with E-state index in [4.69, 9.17) is 5.73 Å². The lowest BCUT2D eigenvalue weighted by Crippen LogP contribution is -2.46. The quantitative estimate of drug-likeness (QED) is 0.750. The third-order valence-electron chi connectivity index (χ3n) is 3.36. The van der Waals surface area contributed by atoms with E-state index in [2.05, 4.69) is 5.32 Å². The molecule has 0 spiro atoms. The number of amides is 2. The molecule has 3 N–H and O–H groups in total. The molecule has 0 radical (unpaired) electrons. The molecule has 1 atom stereocenters. The van der Waals surface area contributed by atoms with E-state index in [9.17, 15) is 9.59 Å². The van der Waals surface area contributed by atoms with Crippen molar-refractivity contribution in [1.29, 1.82) is 0 Å². The lowest BCUT2D eigenvalue weighted by Gasteiger charge is -2.32. The van der Waals surface area contributed by atoms with Crippen molar-refractivity contribution in [3.05, 3.63) is 0 Å². The second-order valence-electron chi connectivity index (χ2n) is 5.11. The number of hydrogen-bond acceptors (Lipinski definition) is 3. The Morgan fingerprint density at radius 2 is 2.00 bits per heavy atom. The van der Waals surface area contributed by atoms with Gasteiger partial charge in [0.15, 0.2) is 0 Å². The number of piperidine rings is 1. The fourth-order valence-electron chi connectivity index (χ4n) is 2.24. The van der Waals surface area contributed by atoms with E-state index in [1.165, 1.54) is 0 Å². The third kappa shape index (κ3) is 4.64. The molecule has 0 aromatic rings. The van der Waals surface area contributed by atoms with Crippen molar-refractivity contribution in [1.82, 2.24) is 10.2 Å². The highest BCUT2D eigenvalue weighted by Crippen LogP contribution is 2.20. The van der Waals surface area contributed by atoms with Crippen LogP contribution in [-0.4, -0.2) is 42.4 Å². The summed E-state index contributed by atoms with van der Waals surface area (Å²) in [5, 5.41) is 2.89. The molecule has 1 aliphatic heterocycles. The molecule has 1 rings (SSSR count). The maximum Gasteiger partial charge on any atom is 0.239 e. The molecule has 5 nitrogen and oxygen atoms in total. The molecule has 1 aliphatic rings. The number of carbonyl (C=O) groups excluding carboxylic acids is 2. The van der Waals surface area contributed by atoms with Crippen molar-refractivity contribution in [3.8, 4) is 0 Å². The Hall–Kier alpha value is -1.10. The van der Waals surface area contributed by atoms with E-state index in [0.29, 0.717) is 12.3 Å². The largest absolute Gasteiger partial charge is 0.356 e. The van der Waals surface area contributed by atoms with Crippen LogP contribution in [0.5, 0.6) is 0 Å². The zero-order valence-corrected chi connectivity index (χ0v) is 11.4. The molecular weight excluding hydrogens is 230 g/mol. The SMILES string of the molecule is CCCNC(=O)CC1CCN(C(=O)[C@H](C)N)CC1. The number of nitrogens with zero attached hydrogens (tertiary/aromatic N) is 1. The summed E-state index contributed by atoms with van der Waals surface area (Å²) in [6.07, 6.45) is 3.35. The second-order valence-corrected chi connectivity index (χ2v) is 5.11. The van der Waals surface area contributed by atoms with Gasteiger partial charge < -0.3 is 16.0 Å². The van der Waals surface area contributed by atoms with Crippen molar-refractivity contribution in [2.24, 2.45) is 11.7 Å². The van der Waals surface area contributed by atoms with Crippen LogP contribution in [0.25, 0.3) is 0 Å². The number of nitrogens with two attached hydrogens (primary N) is 1. The average molecular weight is 255 g/mol. The van der Waals surface area contributed by atoms with Crippen LogP contribution in [0.1, 0.15) is 39.5 Å². The van der Waals surface area contributed by atoms with Gasteiger partial charge in [0.1, 0.15) is 0 Å². The van der Waals surface area contributed by atoms with E-state index in [0.717, 1.165) is 38.9 Å². The Morgan fingerprint density at radius 3 is 2.50 bits per heavy atom. The van der Waals surface area contributed by atoms with E-state index < -0.39 is 6.04 Å². The first kappa shape index (κ1) is 15.0. The van der Waals surface area contributed by atoms with Crippen LogP contribution in [0.2, 0.25) is 0 Å². The van der Waals surface area contributed by atoms with Gasteiger partial charge in [-0.15, -0.1) is 0 Å². The maximum atomic E-state index is 11.7. The van der Waals surface area contributed by atoms with Gasteiger partial charge in [-0.3, -0.25) is 9.59 Å². The minimum Gasteiger partial charge on any atom is -0.356 e. The maximum absolute atomic E-state index is 11.7. The number of likely N-dealkylation sites (tertiary alicyclic amines) is 1. The van der Waals surface area contributed by atoms with E-state index in [-0.39, 0.29) is 11.8 Å². The molecule has 5 heteroatoms. The zero-order chi connectivity index (χ0) is 13.5. The Balaban J connectivity index is 2.27. The molecule has 0 bridgehead atoms. The first-order valence-electron chi connectivity index (χ1n) is 6.85. The van der Waals surface area contributed by atoms with Crippen LogP contribution in [0.4, 0.5) is 0 Å². The fourth-order valence-corrected chi connectivity index (χ4v) is 2.24. The minimum absolute atomic E-state index is 0.0175. The Bertz CT molecular complexity index is 284. The molecule has 18 heavy (non-hydrogen) atoms. The van der Waals surface area contributed by atoms with Gasteiger partial charge in [-0.05, 0) is 32.1 Å². The standard InChI is InChI=1S/C13H25N3O2/c1-3-6-15-12(17)9-11-4-7-16(8-5-11)13(18)10(2)14/h10-11H,3-9,14H2,1-2H3,(H,15,17)/t10-/m0/s1. The fraction of sp³-hybridized carbons (Fsp3) is 0.846. The van der Waals surface area contributed by atoms with Crippen molar-refractivity contribution in [2.45, 2.75) is 45.6 Å². The summed E-state index contributed by atoms with van der Waals surface area (Å²) < 4.78 is 0. The van der Waals surface area contributed by atoms with Gasteiger partial charge in [-0.25, -0.2) is 0 Å². The Labute approximate surface area is 109 Å². The second kappa shape index (κ2) is 7.36. The molecule has 104 valence electrons. The third-order valence-corrected chi connectivity index (χ3v) is 3.36. The average Bonchev–Trinajstić information content (AvgIpc) is 2.36. The first-order chi connectivity index (χ1) is 8.54. The number of carbonyl (C=O) groups is 2. The number of rotatable bonds is 5. The van der Waals surface area contributed by atoms with Gasteiger partial charge in [0.2, 0.25) is 11.8 Å². The Kier molecular flexibility index (Phi) is 6.12. The summed E-state index contributed by atoms with van der Waals surface area (Å²) >= 11 is 0. The molecule has 0 unspecified atom stereocenters. The highest BCUT2D eigenvalue weighted by molar-refractivity contribution is 5.81. The van der Waals surface area contributed by atoms with E-state index in [1.807, 2.05) is 11.8 Å². The lowest BCUT2D eigenvalue weighted by molar-refractivity contribution is -0.133. The van der Waals surface area contributed by atoms with Gasteiger partial charge in [0.25, 0.3) is 0 Å². The van der Waals surface area contributed by atoms with Crippen molar-refractivity contribution >= 4 is 11.8 Å². The monoisotopic (exact) mass is 255 g/mol. The highest BCUT2D eigenvalue weighted by Gasteiger charge is 2.25. The lowest BCUT2D eigenvalue weighted by atomic mass is 9.93. The molecule has 1 fully saturated rings. The van der Waals surface area contributed by atoms with Gasteiger partial charge >= 0.3 is 0 Å². The molecule has 0 aliphatic carbocycles. The topological polar surface area (TPSA) is 75.4 Å². The summed E-state index contributed by atoms with van der Waals surface area (Å²) in [6, 6.07) is -0.422. The summed E-state index contributed by atoms with van der Waals surface area (Å²) in [5.74, 6) is 0.552. The highest BCUT2D eigenvalue weighted by atomic mass is 16.2. The minimum atomic E-state index is -0.422. The molecule has 0 saturated carbocycles. The van der Waals surface area contributed by atoms with E-state index in [1.54, 1.807) is 6.92 Å². The number of nitrogens with one attached hydrogen (secondary N) is 1. The Morgan fingerprint density at radius 1 is 1.39 bits per heavy atom. The molecule has 1 saturated heterocycles. The first-order valence-corrected chi connectivity index (χ1v) is 6.85. The van der Waals surface area contributed by atoms with Crippen LogP contribution in [0, 0.1) is 5.92 Å². The van der Waals surface area contributed by atoms with Crippen molar-refractivity contribution in [2.75, 3.05) is 19.6 Å². The van der Waals surface area contributed by atoms with Crippen LogP contribution < -0.4 is 11.1 Å². The predicted octanol–water partition coefficient (Wildman–Crippen LogP) is 0.489. The van der Waals surface area contributed by atoms with Gasteiger partial charge in [0, 0.05) is 26.1 Å². The number of hydrogen-bond donors (Lipinski definition) is 2. The van der Waals surface area contributed by atoms with Crippen LogP contribution in [0.3, 0.4) is 0 Å². The van der Waals surface area contributed by atoms with Crippen LogP contribution in [0.15, 0.2) is 0 Å². The van der Waals surface area contributed by atoms with Crippen molar-refractivity contribution in [3.63, 3.8) is 0 Å². The summed E-state index contributed by atoms with van der Waals surface area (Å²) in [4.78, 5) is 25.1. The summed E-state index contributed by atoms with van der Waals surface area (Å²) in [6.45, 7) is 5.96. The molecule has 0 aromatic heterocycles. The molecule has 1 heterocycles. The molecular formula is C13H25N3O2. The van der Waals surface area contributed by atoms with Gasteiger partial charge in [-0.1, -0.05) is 6.92 Å². The summed E-state index contributed by atoms with van der Waals surface area (Å²) in [5.41, 5.74) is 5.58. The van der Waals surface area contributed by atoms with Crippen LogP contribution >= 0.6 is 0 Å². The van der Waals surface area contributed by atoms with Crippen molar-refractivity contribution < 1.29 is 9.59 Å². The molecule has 2 amide bonds.